The highest BCUT2D eigenvalue weighted by atomic mass is 15.1. The lowest BCUT2D eigenvalue weighted by molar-refractivity contribution is 0.157. The maximum Gasteiger partial charge on any atom is 0.00537 e. The van der Waals surface area contributed by atoms with Gasteiger partial charge in [0.25, 0.3) is 0 Å². The predicted molar refractivity (Wildman–Crippen MR) is 75.7 cm³/mol. The van der Waals surface area contributed by atoms with Crippen LogP contribution >= 0.6 is 0 Å². The Bertz CT molecular complexity index is 400. The predicted octanol–water partition coefficient (Wildman–Crippen LogP) is 2.39. The van der Waals surface area contributed by atoms with E-state index >= 15 is 0 Å². The summed E-state index contributed by atoms with van der Waals surface area (Å²) in [6.45, 7) is 4.68. The Morgan fingerprint density at radius 1 is 1.28 bits per heavy atom. The molecule has 0 bridgehead atoms. The lowest BCUT2D eigenvalue weighted by atomic mass is 9.77. The normalized spacial score (nSPS) is 27.6. The van der Waals surface area contributed by atoms with Gasteiger partial charge < -0.3 is 10.6 Å². The van der Waals surface area contributed by atoms with E-state index in [1.807, 2.05) is 0 Å². The maximum absolute atomic E-state index is 5.69. The van der Waals surface area contributed by atoms with Crippen molar-refractivity contribution in [1.29, 1.82) is 0 Å². The Balaban J connectivity index is 1.55. The lowest BCUT2D eigenvalue weighted by Crippen LogP contribution is -2.40. The number of likely N-dealkylation sites (tertiary alicyclic amines) is 1. The smallest absolute Gasteiger partial charge is 0.00537 e. The summed E-state index contributed by atoms with van der Waals surface area (Å²) in [7, 11) is 0. The van der Waals surface area contributed by atoms with E-state index in [2.05, 4.69) is 29.2 Å². The molecular formula is C16H24N2. The summed E-state index contributed by atoms with van der Waals surface area (Å²) >= 11 is 0. The lowest BCUT2D eigenvalue weighted by Gasteiger charge is -2.38. The van der Waals surface area contributed by atoms with E-state index in [1.165, 1.54) is 45.3 Å². The number of nitrogens with zero attached hydrogens (tertiary/aromatic N) is 1. The molecule has 0 amide bonds. The summed E-state index contributed by atoms with van der Waals surface area (Å²) in [5.41, 5.74) is 8.85. The summed E-state index contributed by atoms with van der Waals surface area (Å²) in [5, 5.41) is 0. The molecule has 2 unspecified atom stereocenters. The standard InChI is InChI=1S/C16H24N2/c17-8-7-13-4-3-9-18(11-13)12-15-10-14-5-1-2-6-16(14)15/h1-2,5-6,13,15H,3-4,7-12,17H2. The fraction of sp³-hybridized carbons (Fsp3) is 0.625. The van der Waals surface area contributed by atoms with Crippen molar-refractivity contribution in [3.05, 3.63) is 35.4 Å². The highest BCUT2D eigenvalue weighted by Crippen LogP contribution is 2.36. The second-order valence-electron chi connectivity index (χ2n) is 5.95. The third-order valence-corrected chi connectivity index (χ3v) is 4.62. The van der Waals surface area contributed by atoms with Crippen LogP contribution in [0.3, 0.4) is 0 Å². The van der Waals surface area contributed by atoms with E-state index in [9.17, 15) is 0 Å². The van der Waals surface area contributed by atoms with Gasteiger partial charge in [0.15, 0.2) is 0 Å². The van der Waals surface area contributed by atoms with Gasteiger partial charge in [-0.1, -0.05) is 24.3 Å². The Labute approximate surface area is 110 Å². The van der Waals surface area contributed by atoms with Crippen molar-refractivity contribution < 1.29 is 0 Å². The van der Waals surface area contributed by atoms with E-state index in [0.29, 0.717) is 0 Å². The van der Waals surface area contributed by atoms with Gasteiger partial charge in [0.2, 0.25) is 0 Å². The molecule has 1 fully saturated rings. The van der Waals surface area contributed by atoms with Crippen LogP contribution in [-0.2, 0) is 6.42 Å². The third-order valence-electron chi connectivity index (χ3n) is 4.62. The van der Waals surface area contributed by atoms with E-state index in [-0.39, 0.29) is 0 Å². The molecule has 2 atom stereocenters. The number of benzene rings is 1. The third kappa shape index (κ3) is 2.45. The fourth-order valence-electron chi connectivity index (χ4n) is 3.63. The van der Waals surface area contributed by atoms with Crippen molar-refractivity contribution in [3.63, 3.8) is 0 Å². The van der Waals surface area contributed by atoms with E-state index < -0.39 is 0 Å². The zero-order chi connectivity index (χ0) is 12.4. The molecule has 18 heavy (non-hydrogen) atoms. The zero-order valence-electron chi connectivity index (χ0n) is 11.1. The van der Waals surface area contributed by atoms with Gasteiger partial charge in [-0.3, -0.25) is 0 Å². The minimum absolute atomic E-state index is 0.790. The summed E-state index contributed by atoms with van der Waals surface area (Å²) in [5.74, 6) is 1.64. The minimum atomic E-state index is 0.790. The van der Waals surface area contributed by atoms with Crippen molar-refractivity contribution in [3.8, 4) is 0 Å². The molecule has 0 aromatic heterocycles. The van der Waals surface area contributed by atoms with E-state index in [0.717, 1.165) is 18.4 Å². The summed E-state index contributed by atoms with van der Waals surface area (Å²) in [6.07, 6.45) is 5.24. The number of hydrogen-bond donors (Lipinski definition) is 1. The van der Waals surface area contributed by atoms with E-state index in [1.54, 1.807) is 11.1 Å². The highest BCUT2D eigenvalue weighted by Gasteiger charge is 2.29. The highest BCUT2D eigenvalue weighted by molar-refractivity contribution is 5.40. The van der Waals surface area contributed by atoms with Crippen molar-refractivity contribution in [2.75, 3.05) is 26.2 Å². The SMILES string of the molecule is NCCC1CCCN(CC2Cc3ccccc32)C1. The molecular weight excluding hydrogens is 220 g/mol. The monoisotopic (exact) mass is 244 g/mol. The molecule has 2 nitrogen and oxygen atoms in total. The molecule has 1 aliphatic carbocycles. The second-order valence-corrected chi connectivity index (χ2v) is 5.95. The quantitative estimate of drug-likeness (QED) is 0.881. The van der Waals surface area contributed by atoms with Crippen LogP contribution in [0.1, 0.15) is 36.3 Å². The first-order valence-electron chi connectivity index (χ1n) is 7.37. The van der Waals surface area contributed by atoms with Crippen molar-refractivity contribution in [2.24, 2.45) is 11.7 Å². The van der Waals surface area contributed by atoms with Crippen LogP contribution in [0.5, 0.6) is 0 Å². The Morgan fingerprint density at radius 2 is 2.17 bits per heavy atom. The van der Waals surface area contributed by atoms with E-state index in [4.69, 9.17) is 5.73 Å². The first-order chi connectivity index (χ1) is 8.86. The van der Waals surface area contributed by atoms with Crippen molar-refractivity contribution in [2.45, 2.75) is 31.6 Å². The molecule has 2 N–H and O–H groups in total. The van der Waals surface area contributed by atoms with Gasteiger partial charge >= 0.3 is 0 Å². The van der Waals surface area contributed by atoms with Gasteiger partial charge in [0, 0.05) is 19.0 Å². The van der Waals surface area contributed by atoms with Gasteiger partial charge in [0.1, 0.15) is 0 Å². The van der Waals surface area contributed by atoms with Gasteiger partial charge in [0.05, 0.1) is 0 Å². The van der Waals surface area contributed by atoms with Gasteiger partial charge in [-0.2, -0.15) is 0 Å². The van der Waals surface area contributed by atoms with Crippen molar-refractivity contribution >= 4 is 0 Å². The van der Waals surface area contributed by atoms with Crippen LogP contribution in [0.15, 0.2) is 24.3 Å². The molecule has 2 heteroatoms. The maximum atomic E-state index is 5.69. The largest absolute Gasteiger partial charge is 0.330 e. The molecule has 1 aromatic carbocycles. The molecule has 0 spiro atoms. The number of piperidine rings is 1. The molecule has 1 heterocycles. The minimum Gasteiger partial charge on any atom is -0.330 e. The molecule has 3 rings (SSSR count). The van der Waals surface area contributed by atoms with Crippen LogP contribution in [0, 0.1) is 5.92 Å². The van der Waals surface area contributed by atoms with Crippen LogP contribution in [0.2, 0.25) is 0 Å². The second kappa shape index (κ2) is 5.41. The van der Waals surface area contributed by atoms with Gasteiger partial charge in [-0.05, 0) is 55.8 Å². The Kier molecular flexibility index (Phi) is 3.67. The topological polar surface area (TPSA) is 29.3 Å². The molecule has 1 saturated heterocycles. The van der Waals surface area contributed by atoms with Crippen LogP contribution < -0.4 is 5.73 Å². The number of nitrogens with two attached hydrogens (primary N) is 1. The Morgan fingerprint density at radius 3 is 3.00 bits per heavy atom. The average molecular weight is 244 g/mol. The number of rotatable bonds is 4. The van der Waals surface area contributed by atoms with Gasteiger partial charge in [-0.25, -0.2) is 0 Å². The van der Waals surface area contributed by atoms with Crippen LogP contribution in [0.4, 0.5) is 0 Å². The summed E-state index contributed by atoms with van der Waals surface area (Å²) in [6, 6.07) is 8.93. The molecule has 1 aliphatic heterocycles. The van der Waals surface area contributed by atoms with Crippen LogP contribution in [0.25, 0.3) is 0 Å². The first kappa shape index (κ1) is 12.2. The van der Waals surface area contributed by atoms with Crippen molar-refractivity contribution in [1.82, 2.24) is 4.90 Å². The molecule has 0 radical (unpaired) electrons. The molecule has 98 valence electrons. The molecule has 1 aromatic rings. The molecule has 2 aliphatic rings. The van der Waals surface area contributed by atoms with Crippen LogP contribution in [-0.4, -0.2) is 31.1 Å². The average Bonchev–Trinajstić information content (AvgIpc) is 2.37. The summed E-state index contributed by atoms with van der Waals surface area (Å²) < 4.78 is 0. The zero-order valence-corrected chi connectivity index (χ0v) is 11.1. The molecule has 0 saturated carbocycles. The summed E-state index contributed by atoms with van der Waals surface area (Å²) in [4.78, 5) is 2.67. The number of fused-ring (bicyclic) bond motifs is 1. The fourth-order valence-corrected chi connectivity index (χ4v) is 3.63. The Hall–Kier alpha value is -0.860. The van der Waals surface area contributed by atoms with Gasteiger partial charge in [-0.15, -0.1) is 0 Å². The number of hydrogen-bond acceptors (Lipinski definition) is 2. The first-order valence-corrected chi connectivity index (χ1v) is 7.37.